The number of rotatable bonds is 4. The molecule has 0 radical (unpaired) electrons. The number of aliphatic hydroxyl groups is 1. The Morgan fingerprint density at radius 3 is 2.59 bits per heavy atom. The number of hydrogen-bond donors (Lipinski definition) is 2. The average molecular weight is 231 g/mol. The van der Waals surface area contributed by atoms with E-state index < -0.39 is 0 Å². The van der Waals surface area contributed by atoms with Gasteiger partial charge in [-0.3, -0.25) is 9.97 Å². The minimum atomic E-state index is -0.128. The van der Waals surface area contributed by atoms with Crippen LogP contribution in [0.25, 0.3) is 11.0 Å². The van der Waals surface area contributed by atoms with Gasteiger partial charge in [0.05, 0.1) is 11.0 Å². The fourth-order valence-electron chi connectivity index (χ4n) is 1.47. The van der Waals surface area contributed by atoms with Gasteiger partial charge in [-0.2, -0.15) is 0 Å². The molecule has 0 saturated heterocycles. The number of nitrogens with one attached hydrogen (secondary N) is 1. The van der Waals surface area contributed by atoms with Crippen molar-refractivity contribution in [3.8, 4) is 0 Å². The van der Waals surface area contributed by atoms with E-state index in [1.807, 2.05) is 32.0 Å². The van der Waals surface area contributed by atoms with Crippen molar-refractivity contribution in [2.45, 2.75) is 13.8 Å². The first-order chi connectivity index (χ1) is 8.11. The van der Waals surface area contributed by atoms with Gasteiger partial charge in [0.2, 0.25) is 0 Å². The molecule has 1 heterocycles. The van der Waals surface area contributed by atoms with Crippen LogP contribution in [0, 0.1) is 5.41 Å². The van der Waals surface area contributed by atoms with E-state index in [9.17, 15) is 5.11 Å². The topological polar surface area (TPSA) is 58.0 Å². The van der Waals surface area contributed by atoms with Crippen molar-refractivity contribution in [1.29, 1.82) is 0 Å². The zero-order chi connectivity index (χ0) is 12.3. The predicted octanol–water partition coefficient (Wildman–Crippen LogP) is 2.06. The molecule has 0 unspecified atom stereocenters. The average Bonchev–Trinajstić information content (AvgIpc) is 2.36. The molecule has 1 aromatic carbocycles. The molecule has 17 heavy (non-hydrogen) atoms. The highest BCUT2D eigenvalue weighted by molar-refractivity contribution is 5.78. The summed E-state index contributed by atoms with van der Waals surface area (Å²) in [6.07, 6.45) is 3.37. The van der Waals surface area contributed by atoms with Crippen molar-refractivity contribution in [3.05, 3.63) is 30.6 Å². The van der Waals surface area contributed by atoms with Crippen LogP contribution in [0.2, 0.25) is 0 Å². The van der Waals surface area contributed by atoms with E-state index in [1.165, 1.54) is 0 Å². The van der Waals surface area contributed by atoms with Crippen molar-refractivity contribution in [1.82, 2.24) is 9.97 Å². The fraction of sp³-hybridized carbons (Fsp3) is 0.385. The quantitative estimate of drug-likeness (QED) is 0.845. The zero-order valence-corrected chi connectivity index (χ0v) is 10.1. The second-order valence-electron chi connectivity index (χ2n) is 4.94. The summed E-state index contributed by atoms with van der Waals surface area (Å²) in [5.41, 5.74) is 2.63. The lowest BCUT2D eigenvalue weighted by atomic mass is 9.95. The van der Waals surface area contributed by atoms with Gasteiger partial charge in [0.1, 0.15) is 0 Å². The molecule has 2 N–H and O–H groups in total. The molecule has 0 fully saturated rings. The van der Waals surface area contributed by atoms with E-state index in [1.54, 1.807) is 12.4 Å². The normalized spacial score (nSPS) is 11.7. The fourth-order valence-corrected chi connectivity index (χ4v) is 1.47. The minimum absolute atomic E-state index is 0.128. The first-order valence-electron chi connectivity index (χ1n) is 5.66. The molecule has 0 atom stereocenters. The van der Waals surface area contributed by atoms with Gasteiger partial charge in [-0.05, 0) is 18.2 Å². The number of aliphatic hydroxyl groups excluding tert-OH is 1. The van der Waals surface area contributed by atoms with Gasteiger partial charge in [-0.1, -0.05) is 13.8 Å². The van der Waals surface area contributed by atoms with Crippen molar-refractivity contribution in [2.75, 3.05) is 18.5 Å². The SMILES string of the molecule is CC(C)(CO)CNc1ccc2nccnc2c1. The summed E-state index contributed by atoms with van der Waals surface area (Å²) in [7, 11) is 0. The zero-order valence-electron chi connectivity index (χ0n) is 10.1. The summed E-state index contributed by atoms with van der Waals surface area (Å²) in [6, 6.07) is 5.89. The van der Waals surface area contributed by atoms with Crippen LogP contribution in [0.1, 0.15) is 13.8 Å². The maximum absolute atomic E-state index is 9.18. The molecule has 0 aliphatic rings. The monoisotopic (exact) mass is 231 g/mol. The molecule has 0 bridgehead atoms. The molecule has 0 aliphatic heterocycles. The highest BCUT2D eigenvalue weighted by Crippen LogP contribution is 2.18. The lowest BCUT2D eigenvalue weighted by Crippen LogP contribution is -2.26. The van der Waals surface area contributed by atoms with Gasteiger partial charge in [0, 0.05) is 36.6 Å². The van der Waals surface area contributed by atoms with E-state index in [0.29, 0.717) is 0 Å². The van der Waals surface area contributed by atoms with E-state index in [-0.39, 0.29) is 12.0 Å². The molecule has 1 aromatic heterocycles. The first-order valence-corrected chi connectivity index (χ1v) is 5.66. The van der Waals surface area contributed by atoms with Gasteiger partial charge in [-0.15, -0.1) is 0 Å². The Kier molecular flexibility index (Phi) is 3.24. The standard InChI is InChI=1S/C13H17N3O/c1-13(2,9-17)8-16-10-3-4-11-12(7-10)15-6-5-14-11/h3-7,16-17H,8-9H2,1-2H3. The Labute approximate surface area is 101 Å². The third-order valence-electron chi connectivity index (χ3n) is 2.67. The second-order valence-corrected chi connectivity index (χ2v) is 4.94. The van der Waals surface area contributed by atoms with Gasteiger partial charge in [0.15, 0.2) is 0 Å². The molecule has 0 saturated carbocycles. The lowest BCUT2D eigenvalue weighted by molar-refractivity contribution is 0.171. The number of anilines is 1. The Morgan fingerprint density at radius 2 is 1.88 bits per heavy atom. The van der Waals surface area contributed by atoms with Crippen LogP contribution in [0.4, 0.5) is 5.69 Å². The van der Waals surface area contributed by atoms with Crippen LogP contribution < -0.4 is 5.32 Å². The molecule has 0 spiro atoms. The first kappa shape index (κ1) is 11.8. The molecule has 0 aliphatic carbocycles. The predicted molar refractivity (Wildman–Crippen MR) is 68.9 cm³/mol. The summed E-state index contributed by atoms with van der Waals surface area (Å²) < 4.78 is 0. The number of fused-ring (bicyclic) bond motifs is 1. The van der Waals surface area contributed by atoms with Gasteiger partial charge in [0.25, 0.3) is 0 Å². The minimum Gasteiger partial charge on any atom is -0.396 e. The van der Waals surface area contributed by atoms with Crippen molar-refractivity contribution < 1.29 is 5.11 Å². The number of hydrogen-bond acceptors (Lipinski definition) is 4. The highest BCUT2D eigenvalue weighted by Gasteiger charge is 2.15. The Bertz CT molecular complexity index is 511. The summed E-state index contributed by atoms with van der Waals surface area (Å²) in [5.74, 6) is 0. The Hall–Kier alpha value is -1.68. The van der Waals surface area contributed by atoms with Crippen molar-refractivity contribution >= 4 is 16.7 Å². The van der Waals surface area contributed by atoms with Crippen LogP contribution >= 0.6 is 0 Å². The third kappa shape index (κ3) is 2.91. The van der Waals surface area contributed by atoms with E-state index in [2.05, 4.69) is 15.3 Å². The van der Waals surface area contributed by atoms with Gasteiger partial charge >= 0.3 is 0 Å². The van der Waals surface area contributed by atoms with Gasteiger partial charge < -0.3 is 10.4 Å². The van der Waals surface area contributed by atoms with Crippen molar-refractivity contribution in [3.63, 3.8) is 0 Å². The van der Waals surface area contributed by atoms with Crippen molar-refractivity contribution in [2.24, 2.45) is 5.41 Å². The summed E-state index contributed by atoms with van der Waals surface area (Å²) in [4.78, 5) is 8.47. The van der Waals surface area contributed by atoms with Crippen LogP contribution in [-0.4, -0.2) is 28.2 Å². The number of nitrogens with zero attached hydrogens (tertiary/aromatic N) is 2. The summed E-state index contributed by atoms with van der Waals surface area (Å²) >= 11 is 0. The van der Waals surface area contributed by atoms with Crippen LogP contribution in [0.3, 0.4) is 0 Å². The largest absolute Gasteiger partial charge is 0.396 e. The number of aromatic nitrogens is 2. The molecule has 4 heteroatoms. The van der Waals surface area contributed by atoms with Crippen LogP contribution in [0.5, 0.6) is 0 Å². The lowest BCUT2D eigenvalue weighted by Gasteiger charge is -2.22. The maximum Gasteiger partial charge on any atom is 0.0907 e. The third-order valence-corrected chi connectivity index (χ3v) is 2.67. The molecular weight excluding hydrogens is 214 g/mol. The molecule has 2 rings (SSSR count). The number of benzene rings is 1. The van der Waals surface area contributed by atoms with Crippen LogP contribution in [0.15, 0.2) is 30.6 Å². The second kappa shape index (κ2) is 4.67. The van der Waals surface area contributed by atoms with Crippen LogP contribution in [-0.2, 0) is 0 Å². The summed E-state index contributed by atoms with van der Waals surface area (Å²) in [5, 5.41) is 12.5. The van der Waals surface area contributed by atoms with E-state index >= 15 is 0 Å². The Morgan fingerprint density at radius 1 is 1.18 bits per heavy atom. The molecule has 2 aromatic rings. The maximum atomic E-state index is 9.18. The smallest absolute Gasteiger partial charge is 0.0907 e. The molecular formula is C13H17N3O. The Balaban J connectivity index is 2.14. The summed E-state index contributed by atoms with van der Waals surface area (Å²) in [6.45, 7) is 4.91. The molecule has 90 valence electrons. The molecule has 0 amide bonds. The van der Waals surface area contributed by atoms with Gasteiger partial charge in [-0.25, -0.2) is 0 Å². The van der Waals surface area contributed by atoms with E-state index in [0.717, 1.165) is 23.3 Å². The van der Waals surface area contributed by atoms with E-state index in [4.69, 9.17) is 0 Å². The molecule has 4 nitrogen and oxygen atoms in total. The highest BCUT2D eigenvalue weighted by atomic mass is 16.3.